The second-order valence-electron chi connectivity index (χ2n) is 3.28. The molecule has 3 N–H and O–H groups in total. The molecule has 5 nitrogen and oxygen atoms in total. The number of nitrogens with one attached hydrogen (secondary N) is 1. The molecule has 0 aromatic carbocycles. The Labute approximate surface area is 89.4 Å². The van der Waals surface area contributed by atoms with Crippen LogP contribution >= 0.6 is 0 Å². The number of nitrogens with two attached hydrogens (primary N) is 1. The van der Waals surface area contributed by atoms with E-state index in [-0.39, 0.29) is 0 Å². The molecule has 1 unspecified atom stereocenters. The summed E-state index contributed by atoms with van der Waals surface area (Å²) in [5, 5.41) is 5.79. The van der Waals surface area contributed by atoms with Crippen LogP contribution in [0, 0.1) is 0 Å². The molecule has 0 bridgehead atoms. The third-order valence-electron chi connectivity index (χ3n) is 1.85. The van der Waals surface area contributed by atoms with Gasteiger partial charge in [0.25, 0.3) is 0 Å². The Balaban J connectivity index is 2.73. The van der Waals surface area contributed by atoms with E-state index in [4.69, 9.17) is 5.73 Å². The van der Waals surface area contributed by atoms with E-state index in [1.54, 1.807) is 7.05 Å². The molecular formula is C8H11F3N4O. The van der Waals surface area contributed by atoms with Gasteiger partial charge in [0.05, 0.1) is 12.7 Å². The topological polar surface area (TPSA) is 72.9 Å². The number of alkyl halides is 3. The monoisotopic (exact) mass is 236 g/mol. The lowest BCUT2D eigenvalue weighted by molar-refractivity contribution is -0.130. The van der Waals surface area contributed by atoms with Crippen LogP contribution in [0.2, 0.25) is 0 Å². The van der Waals surface area contributed by atoms with Crippen molar-refractivity contribution in [2.24, 2.45) is 12.8 Å². The lowest BCUT2D eigenvalue weighted by atomic mass is 10.1. The van der Waals surface area contributed by atoms with Crippen molar-refractivity contribution in [3.8, 4) is 0 Å². The fourth-order valence-electron chi connectivity index (χ4n) is 1.19. The molecule has 0 aliphatic heterocycles. The number of rotatable bonds is 4. The van der Waals surface area contributed by atoms with Crippen molar-refractivity contribution in [3.63, 3.8) is 0 Å². The maximum atomic E-state index is 12.0. The molecule has 1 heterocycles. The normalized spacial score (nSPS) is 13.8. The zero-order valence-corrected chi connectivity index (χ0v) is 8.45. The molecule has 1 atom stereocenters. The minimum absolute atomic E-state index is 0.305. The van der Waals surface area contributed by atoms with Gasteiger partial charge in [-0.3, -0.25) is 14.8 Å². The summed E-state index contributed by atoms with van der Waals surface area (Å²) in [4.78, 5) is 11.0. The predicted molar refractivity (Wildman–Crippen MR) is 49.2 cm³/mol. The average Bonchev–Trinajstić information content (AvgIpc) is 2.49. The summed E-state index contributed by atoms with van der Waals surface area (Å²) in [6, 6.07) is -1.18. The van der Waals surface area contributed by atoms with E-state index >= 15 is 0 Å². The molecule has 90 valence electrons. The van der Waals surface area contributed by atoms with Crippen LogP contribution in [0.5, 0.6) is 0 Å². The van der Waals surface area contributed by atoms with Gasteiger partial charge in [-0.15, -0.1) is 0 Å². The first-order valence-corrected chi connectivity index (χ1v) is 4.37. The highest BCUT2D eigenvalue weighted by Crippen LogP contribution is 2.16. The molecule has 1 aromatic rings. The van der Waals surface area contributed by atoms with E-state index in [2.05, 4.69) is 5.10 Å². The van der Waals surface area contributed by atoms with Crippen molar-refractivity contribution in [1.29, 1.82) is 0 Å². The first kappa shape index (κ1) is 12.5. The first-order chi connectivity index (χ1) is 7.29. The third-order valence-corrected chi connectivity index (χ3v) is 1.85. The molecule has 0 fully saturated rings. The van der Waals surface area contributed by atoms with Crippen molar-refractivity contribution >= 4 is 5.91 Å². The maximum Gasteiger partial charge on any atom is 0.401 e. The van der Waals surface area contributed by atoms with Gasteiger partial charge in [-0.1, -0.05) is 0 Å². The Morgan fingerprint density at radius 3 is 2.69 bits per heavy atom. The Morgan fingerprint density at radius 1 is 1.69 bits per heavy atom. The number of aromatic nitrogens is 2. The highest BCUT2D eigenvalue weighted by atomic mass is 19.4. The summed E-state index contributed by atoms with van der Waals surface area (Å²) >= 11 is 0. The minimum atomic E-state index is -4.39. The van der Waals surface area contributed by atoms with Crippen molar-refractivity contribution in [1.82, 2.24) is 15.1 Å². The second kappa shape index (κ2) is 4.52. The summed E-state index contributed by atoms with van der Waals surface area (Å²) in [5.41, 5.74) is 5.31. The summed E-state index contributed by atoms with van der Waals surface area (Å²) < 4.78 is 37.3. The third kappa shape index (κ3) is 3.54. The number of halogens is 3. The Bertz CT molecular complexity index is 374. The molecule has 0 saturated carbocycles. The van der Waals surface area contributed by atoms with Crippen LogP contribution in [0.25, 0.3) is 0 Å². The number of carbonyl (C=O) groups is 1. The number of amides is 1. The van der Waals surface area contributed by atoms with Crippen LogP contribution in [-0.4, -0.2) is 28.4 Å². The standard InChI is InChI=1S/C8H11F3N4O/c1-15-3-5(2-14-15)6(7(12)16)13-4-8(9,10)11/h2-3,6,13H,4H2,1H3,(H2,12,16). The molecule has 1 rings (SSSR count). The lowest BCUT2D eigenvalue weighted by Crippen LogP contribution is -2.38. The number of hydrogen-bond acceptors (Lipinski definition) is 3. The summed E-state index contributed by atoms with van der Waals surface area (Å²) in [7, 11) is 1.59. The molecule has 0 radical (unpaired) electrons. The van der Waals surface area contributed by atoms with E-state index in [1.165, 1.54) is 17.1 Å². The number of nitrogens with zero attached hydrogens (tertiary/aromatic N) is 2. The van der Waals surface area contributed by atoms with Gasteiger partial charge >= 0.3 is 6.18 Å². The number of carbonyl (C=O) groups excluding carboxylic acids is 1. The highest BCUT2D eigenvalue weighted by molar-refractivity contribution is 5.81. The van der Waals surface area contributed by atoms with Gasteiger partial charge < -0.3 is 5.73 Å². The van der Waals surface area contributed by atoms with E-state index in [0.717, 1.165) is 0 Å². The number of primary amides is 1. The van der Waals surface area contributed by atoms with Crippen LogP contribution in [0.15, 0.2) is 12.4 Å². The molecule has 0 aliphatic rings. The van der Waals surface area contributed by atoms with Gasteiger partial charge in [0, 0.05) is 18.8 Å². The van der Waals surface area contributed by atoms with Gasteiger partial charge in [-0.2, -0.15) is 18.3 Å². The van der Waals surface area contributed by atoms with Gasteiger partial charge in [-0.05, 0) is 0 Å². The number of aryl methyl sites for hydroxylation is 1. The SMILES string of the molecule is Cn1cc(C(NCC(F)(F)F)C(N)=O)cn1. The zero-order valence-electron chi connectivity index (χ0n) is 8.45. The summed E-state index contributed by atoms with van der Waals surface area (Å²) in [6.07, 6.45) is -1.67. The Kier molecular flexibility index (Phi) is 3.53. The Hall–Kier alpha value is -1.57. The van der Waals surface area contributed by atoms with Crippen molar-refractivity contribution in [2.45, 2.75) is 12.2 Å². The smallest absolute Gasteiger partial charge is 0.368 e. The minimum Gasteiger partial charge on any atom is -0.368 e. The molecule has 0 saturated heterocycles. The lowest BCUT2D eigenvalue weighted by Gasteiger charge is -2.15. The molecule has 16 heavy (non-hydrogen) atoms. The zero-order chi connectivity index (χ0) is 12.3. The largest absolute Gasteiger partial charge is 0.401 e. The molecule has 8 heteroatoms. The van der Waals surface area contributed by atoms with E-state index in [0.29, 0.717) is 5.56 Å². The van der Waals surface area contributed by atoms with Crippen molar-refractivity contribution < 1.29 is 18.0 Å². The predicted octanol–water partition coefficient (Wildman–Crippen LogP) is 0.0984. The first-order valence-electron chi connectivity index (χ1n) is 4.37. The van der Waals surface area contributed by atoms with Gasteiger partial charge in [0.1, 0.15) is 6.04 Å². The highest BCUT2D eigenvalue weighted by Gasteiger charge is 2.30. The molecule has 0 aliphatic carbocycles. The van der Waals surface area contributed by atoms with Crippen LogP contribution in [-0.2, 0) is 11.8 Å². The fourth-order valence-corrected chi connectivity index (χ4v) is 1.19. The molecule has 1 amide bonds. The van der Waals surface area contributed by atoms with Gasteiger partial charge in [-0.25, -0.2) is 0 Å². The van der Waals surface area contributed by atoms with E-state index in [9.17, 15) is 18.0 Å². The number of hydrogen-bond donors (Lipinski definition) is 2. The van der Waals surface area contributed by atoms with Crippen LogP contribution in [0.4, 0.5) is 13.2 Å². The van der Waals surface area contributed by atoms with Crippen LogP contribution < -0.4 is 11.1 Å². The second-order valence-corrected chi connectivity index (χ2v) is 3.28. The molecule has 0 spiro atoms. The van der Waals surface area contributed by atoms with Gasteiger partial charge in [0.2, 0.25) is 5.91 Å². The van der Waals surface area contributed by atoms with E-state index < -0.39 is 24.7 Å². The molecular weight excluding hydrogens is 225 g/mol. The van der Waals surface area contributed by atoms with Crippen molar-refractivity contribution in [3.05, 3.63) is 18.0 Å². The summed E-state index contributed by atoms with van der Waals surface area (Å²) in [6.45, 7) is -1.28. The van der Waals surface area contributed by atoms with E-state index in [1.807, 2.05) is 5.32 Å². The Morgan fingerprint density at radius 2 is 2.31 bits per heavy atom. The van der Waals surface area contributed by atoms with Gasteiger partial charge in [0.15, 0.2) is 0 Å². The molecule has 1 aromatic heterocycles. The van der Waals surface area contributed by atoms with Crippen LogP contribution in [0.1, 0.15) is 11.6 Å². The average molecular weight is 236 g/mol. The maximum absolute atomic E-state index is 12.0. The summed E-state index contributed by atoms with van der Waals surface area (Å²) in [5.74, 6) is -0.878. The van der Waals surface area contributed by atoms with Crippen molar-refractivity contribution in [2.75, 3.05) is 6.54 Å². The fraction of sp³-hybridized carbons (Fsp3) is 0.500. The van der Waals surface area contributed by atoms with Crippen LogP contribution in [0.3, 0.4) is 0 Å². The quantitative estimate of drug-likeness (QED) is 0.778.